The standard InChI is InChI=1S/C30H34O17/c1-39-14-5-11(12-9-41-15-6-16-26(43-10-42-16)27(40-2)19(15)20(12)33)3-4-13(14)44-30-25(38)28(22(35)18(8-32)46-30)47-29-24(37)23(36)21(34)17(7-31)45-29/h3-6,9,17-18,21-25,28-32,34-38H,7-8,10H2,1-2H3/t17-,18-,21-,22-,23+,24-,25-,28+,29+,30-/m1/s1. The van der Waals surface area contributed by atoms with Crippen molar-refractivity contribution in [2.75, 3.05) is 34.2 Å². The number of rotatable bonds is 9. The smallest absolute Gasteiger partial charge is 0.231 e. The molecule has 10 atom stereocenters. The summed E-state index contributed by atoms with van der Waals surface area (Å²) >= 11 is 0. The summed E-state index contributed by atoms with van der Waals surface area (Å²) in [6.45, 7) is -1.51. The predicted octanol–water partition coefficient (Wildman–Crippen LogP) is -1.79. The van der Waals surface area contributed by atoms with E-state index in [2.05, 4.69) is 0 Å². The van der Waals surface area contributed by atoms with Crippen molar-refractivity contribution in [3.05, 3.63) is 40.8 Å². The minimum absolute atomic E-state index is 0.0195. The summed E-state index contributed by atoms with van der Waals surface area (Å²) in [7, 11) is 2.72. The Bertz CT molecular complexity index is 1640. The van der Waals surface area contributed by atoms with Gasteiger partial charge < -0.3 is 78.1 Å². The van der Waals surface area contributed by atoms with Crippen molar-refractivity contribution in [3.63, 3.8) is 0 Å². The molecule has 0 aliphatic carbocycles. The number of hydrogen-bond acceptors (Lipinski definition) is 17. The van der Waals surface area contributed by atoms with Crippen molar-refractivity contribution in [3.8, 4) is 39.9 Å². The van der Waals surface area contributed by atoms with E-state index in [0.29, 0.717) is 11.3 Å². The number of benzene rings is 2. The van der Waals surface area contributed by atoms with E-state index in [1.54, 1.807) is 0 Å². The largest absolute Gasteiger partial charge is 0.493 e. The van der Waals surface area contributed by atoms with Crippen LogP contribution in [0.5, 0.6) is 28.7 Å². The highest BCUT2D eigenvalue weighted by Gasteiger charge is 2.51. The van der Waals surface area contributed by atoms with E-state index in [1.807, 2.05) is 0 Å². The maximum absolute atomic E-state index is 13.7. The van der Waals surface area contributed by atoms with Crippen LogP contribution in [0.15, 0.2) is 39.7 Å². The second kappa shape index (κ2) is 13.4. The fourth-order valence-corrected chi connectivity index (χ4v) is 5.71. The van der Waals surface area contributed by atoms with Gasteiger partial charge in [-0.25, -0.2) is 0 Å². The van der Waals surface area contributed by atoms with Gasteiger partial charge in [0.2, 0.25) is 24.3 Å². The molecule has 17 heteroatoms. The lowest BCUT2D eigenvalue weighted by Gasteiger charge is -2.45. The Morgan fingerprint density at radius 2 is 1.53 bits per heavy atom. The van der Waals surface area contributed by atoms with E-state index >= 15 is 0 Å². The number of ether oxygens (including phenoxy) is 8. The Morgan fingerprint density at radius 3 is 2.23 bits per heavy atom. The average molecular weight is 667 g/mol. The first-order chi connectivity index (χ1) is 22.6. The first-order valence-corrected chi connectivity index (χ1v) is 14.5. The van der Waals surface area contributed by atoms with Crippen molar-refractivity contribution in [2.45, 2.75) is 61.4 Å². The van der Waals surface area contributed by atoms with Crippen LogP contribution in [0.3, 0.4) is 0 Å². The number of methoxy groups -OCH3 is 2. The quantitative estimate of drug-likeness (QED) is 0.133. The zero-order chi connectivity index (χ0) is 33.6. The fraction of sp³-hybridized carbons (Fsp3) is 0.500. The summed E-state index contributed by atoms with van der Waals surface area (Å²) in [6, 6.07) is 5.95. The summed E-state index contributed by atoms with van der Waals surface area (Å²) in [4.78, 5) is 13.7. The molecule has 3 aliphatic rings. The second-order valence-corrected chi connectivity index (χ2v) is 11.0. The van der Waals surface area contributed by atoms with Crippen molar-refractivity contribution in [1.29, 1.82) is 0 Å². The van der Waals surface area contributed by atoms with E-state index < -0.39 is 80.1 Å². The molecule has 0 radical (unpaired) electrons. The Morgan fingerprint density at radius 1 is 0.809 bits per heavy atom. The van der Waals surface area contributed by atoms with Crippen molar-refractivity contribution in [2.24, 2.45) is 0 Å². The van der Waals surface area contributed by atoms with Gasteiger partial charge in [0.15, 0.2) is 29.3 Å². The summed E-state index contributed by atoms with van der Waals surface area (Å²) < 4.78 is 50.0. The maximum atomic E-state index is 13.7. The summed E-state index contributed by atoms with van der Waals surface area (Å²) in [6.07, 6.45) is -15.0. The molecule has 7 N–H and O–H groups in total. The van der Waals surface area contributed by atoms with Gasteiger partial charge in [-0.3, -0.25) is 4.79 Å². The zero-order valence-corrected chi connectivity index (χ0v) is 25.0. The normalized spacial score (nSPS) is 31.9. The van der Waals surface area contributed by atoms with Gasteiger partial charge in [0.1, 0.15) is 66.1 Å². The SMILES string of the molecule is COc1cc(-c2coc3cc4c(c(OC)c3c2=O)OCO4)ccc1O[C@@H]1O[C@H](CO)[C@@H](O)[C@H](O[C@@H]2O[C@H](CO)[C@@H](O)[C@H](O)[C@H]2O)[C@H]1O. The van der Waals surface area contributed by atoms with Crippen molar-refractivity contribution >= 4 is 11.0 Å². The molecule has 1 aromatic heterocycles. The second-order valence-electron chi connectivity index (χ2n) is 11.0. The van der Waals surface area contributed by atoms with E-state index in [-0.39, 0.29) is 46.3 Å². The minimum atomic E-state index is -1.83. The maximum Gasteiger partial charge on any atom is 0.231 e. The Hall–Kier alpha value is -3.75. The van der Waals surface area contributed by atoms with Gasteiger partial charge in [-0.2, -0.15) is 0 Å². The molecule has 0 bridgehead atoms. The molecule has 0 amide bonds. The van der Waals surface area contributed by atoms with Crippen LogP contribution < -0.4 is 29.1 Å². The first kappa shape index (κ1) is 33.2. The van der Waals surface area contributed by atoms with Gasteiger partial charge in [-0.1, -0.05) is 6.07 Å². The molecule has 256 valence electrons. The van der Waals surface area contributed by atoms with Crippen LogP contribution in [0.4, 0.5) is 0 Å². The number of hydrogen-bond donors (Lipinski definition) is 7. The molecule has 0 unspecified atom stereocenters. The third kappa shape index (κ3) is 5.84. The lowest BCUT2D eigenvalue weighted by molar-refractivity contribution is -0.352. The molecular formula is C30H34O17. The highest BCUT2D eigenvalue weighted by atomic mass is 16.7. The summed E-state index contributed by atoms with van der Waals surface area (Å²) in [5.74, 6) is 0.913. The molecule has 17 nitrogen and oxygen atoms in total. The van der Waals surface area contributed by atoms with E-state index in [1.165, 1.54) is 44.7 Å². The monoisotopic (exact) mass is 666 g/mol. The van der Waals surface area contributed by atoms with Crippen LogP contribution in [-0.2, 0) is 14.2 Å². The fourth-order valence-electron chi connectivity index (χ4n) is 5.71. The van der Waals surface area contributed by atoms with Crippen LogP contribution in [0.2, 0.25) is 0 Å². The molecule has 2 fully saturated rings. The van der Waals surface area contributed by atoms with Crippen LogP contribution in [0.1, 0.15) is 0 Å². The molecule has 0 saturated carbocycles. The van der Waals surface area contributed by atoms with Crippen LogP contribution in [0, 0.1) is 0 Å². The lowest BCUT2D eigenvalue weighted by atomic mass is 9.97. The lowest BCUT2D eigenvalue weighted by Crippen LogP contribution is -2.65. The number of aliphatic hydroxyl groups excluding tert-OH is 7. The number of aliphatic hydroxyl groups is 7. The van der Waals surface area contributed by atoms with E-state index in [9.17, 15) is 40.5 Å². The summed E-state index contributed by atoms with van der Waals surface area (Å²) in [5.41, 5.74) is 0.291. The molecule has 0 spiro atoms. The van der Waals surface area contributed by atoms with Crippen LogP contribution in [-0.4, -0.2) is 131 Å². The minimum Gasteiger partial charge on any atom is -0.493 e. The van der Waals surface area contributed by atoms with Crippen LogP contribution >= 0.6 is 0 Å². The highest BCUT2D eigenvalue weighted by Crippen LogP contribution is 2.46. The predicted molar refractivity (Wildman–Crippen MR) is 154 cm³/mol. The molecular weight excluding hydrogens is 632 g/mol. The molecule has 2 saturated heterocycles. The third-order valence-corrected chi connectivity index (χ3v) is 8.24. The molecule has 2 aromatic carbocycles. The Labute approximate surface area is 265 Å². The van der Waals surface area contributed by atoms with Crippen molar-refractivity contribution < 1.29 is 78.1 Å². The first-order valence-electron chi connectivity index (χ1n) is 14.5. The van der Waals surface area contributed by atoms with Gasteiger partial charge in [0.05, 0.1) is 33.0 Å². The third-order valence-electron chi connectivity index (χ3n) is 8.24. The Balaban J connectivity index is 1.27. The highest BCUT2D eigenvalue weighted by molar-refractivity contribution is 5.92. The summed E-state index contributed by atoms with van der Waals surface area (Å²) in [5, 5.41) is 72.0. The van der Waals surface area contributed by atoms with Crippen molar-refractivity contribution in [1.82, 2.24) is 0 Å². The van der Waals surface area contributed by atoms with Gasteiger partial charge in [0, 0.05) is 6.07 Å². The molecule has 47 heavy (non-hydrogen) atoms. The zero-order valence-electron chi connectivity index (χ0n) is 25.0. The topological polar surface area (TPSA) is 246 Å². The van der Waals surface area contributed by atoms with Crippen LogP contribution in [0.25, 0.3) is 22.1 Å². The number of fused-ring (bicyclic) bond motifs is 2. The van der Waals surface area contributed by atoms with Gasteiger partial charge in [-0.15, -0.1) is 0 Å². The van der Waals surface area contributed by atoms with Gasteiger partial charge in [-0.05, 0) is 17.7 Å². The average Bonchev–Trinajstić information content (AvgIpc) is 3.55. The Kier molecular flexibility index (Phi) is 9.45. The van der Waals surface area contributed by atoms with Gasteiger partial charge >= 0.3 is 0 Å². The van der Waals surface area contributed by atoms with E-state index in [4.69, 9.17) is 42.3 Å². The molecule has 6 rings (SSSR count). The molecule has 3 aromatic rings. The molecule has 4 heterocycles. The van der Waals surface area contributed by atoms with E-state index in [0.717, 1.165) is 0 Å². The van der Waals surface area contributed by atoms with Gasteiger partial charge in [0.25, 0.3) is 0 Å². The molecule has 3 aliphatic heterocycles.